The number of fused-ring (bicyclic) bond motifs is 1. The number of hydrogen-bond donors (Lipinski definition) is 1. The van der Waals surface area contributed by atoms with Crippen LogP contribution in [0.2, 0.25) is 0 Å². The van der Waals surface area contributed by atoms with E-state index in [1.165, 1.54) is 11.1 Å². The number of morpholine rings is 1. The lowest BCUT2D eigenvalue weighted by Crippen LogP contribution is -2.56. The molecule has 6 heteroatoms. The number of amides is 1. The quantitative estimate of drug-likeness (QED) is 0.894. The molecule has 1 fully saturated rings. The van der Waals surface area contributed by atoms with Gasteiger partial charge in [0.1, 0.15) is 6.04 Å². The van der Waals surface area contributed by atoms with E-state index in [-0.39, 0.29) is 18.1 Å². The van der Waals surface area contributed by atoms with Crippen molar-refractivity contribution in [2.45, 2.75) is 31.9 Å². The number of benzene rings is 1. The molecule has 132 valence electrons. The van der Waals surface area contributed by atoms with Crippen molar-refractivity contribution in [2.24, 2.45) is 0 Å². The van der Waals surface area contributed by atoms with Gasteiger partial charge in [0, 0.05) is 19.6 Å². The Morgan fingerprint density at radius 3 is 2.25 bits per heavy atom. The summed E-state index contributed by atoms with van der Waals surface area (Å²) in [6, 6.07) is 3.82. The lowest BCUT2D eigenvalue weighted by atomic mass is 10.0. The molecule has 0 unspecified atom stereocenters. The Balaban J connectivity index is 1.74. The number of nitrogens with one attached hydrogen (secondary N) is 1. The molecule has 24 heavy (non-hydrogen) atoms. The molecular weight excluding hydrogens is 308 g/mol. The van der Waals surface area contributed by atoms with Crippen molar-refractivity contribution in [1.29, 1.82) is 0 Å². The van der Waals surface area contributed by atoms with Gasteiger partial charge in [-0.2, -0.15) is 0 Å². The van der Waals surface area contributed by atoms with Crippen molar-refractivity contribution in [3.8, 4) is 11.5 Å². The minimum Gasteiger partial charge on any atom is -0.493 e. The van der Waals surface area contributed by atoms with E-state index in [0.717, 1.165) is 30.9 Å². The van der Waals surface area contributed by atoms with Crippen molar-refractivity contribution in [1.82, 2.24) is 10.2 Å². The Kier molecular flexibility index (Phi) is 5.26. The van der Waals surface area contributed by atoms with Crippen LogP contribution < -0.4 is 14.8 Å². The molecule has 0 aromatic heterocycles. The highest BCUT2D eigenvalue weighted by molar-refractivity contribution is 5.82. The smallest absolute Gasteiger partial charge is 0.242 e. The largest absolute Gasteiger partial charge is 0.493 e. The van der Waals surface area contributed by atoms with Gasteiger partial charge in [-0.1, -0.05) is 0 Å². The summed E-state index contributed by atoms with van der Waals surface area (Å²) in [7, 11) is 3.29. The van der Waals surface area contributed by atoms with E-state index >= 15 is 0 Å². The van der Waals surface area contributed by atoms with Gasteiger partial charge in [0.2, 0.25) is 5.91 Å². The monoisotopic (exact) mass is 334 g/mol. The number of methoxy groups -OCH3 is 2. The summed E-state index contributed by atoms with van der Waals surface area (Å²) in [4.78, 5) is 14.8. The molecule has 2 heterocycles. The van der Waals surface area contributed by atoms with Crippen molar-refractivity contribution >= 4 is 5.91 Å². The number of hydrogen-bond acceptors (Lipinski definition) is 5. The second-order valence-electron chi connectivity index (χ2n) is 6.31. The lowest BCUT2D eigenvalue weighted by Gasteiger charge is -2.33. The van der Waals surface area contributed by atoms with Crippen LogP contribution >= 0.6 is 0 Å². The molecule has 0 radical (unpaired) electrons. The predicted octanol–water partition coefficient (Wildman–Crippen LogP) is 1.01. The zero-order chi connectivity index (χ0) is 17.1. The summed E-state index contributed by atoms with van der Waals surface area (Å²) in [6.07, 6.45) is 1.56. The molecule has 1 aromatic carbocycles. The maximum atomic E-state index is 12.8. The molecule has 0 spiro atoms. The molecule has 2 atom stereocenters. The number of carbonyl (C=O) groups excluding carboxylic acids is 1. The van der Waals surface area contributed by atoms with E-state index in [1.54, 1.807) is 14.2 Å². The van der Waals surface area contributed by atoms with Crippen molar-refractivity contribution in [3.05, 3.63) is 23.3 Å². The Hall–Kier alpha value is -1.79. The first-order chi connectivity index (χ1) is 11.6. The standard InChI is InChI=1S/C18H26N2O4/c1-12-17(19-6-9-24-12)18(21)20-7-4-13-10-15(22-2)16(23-3)11-14(13)5-8-20/h10-12,17,19H,4-9H2,1-3H3/t12-,17+/m1/s1. The molecular formula is C18H26N2O4. The van der Waals surface area contributed by atoms with E-state index in [2.05, 4.69) is 5.32 Å². The fraction of sp³-hybridized carbons (Fsp3) is 0.611. The third kappa shape index (κ3) is 3.35. The molecule has 0 aliphatic carbocycles. The summed E-state index contributed by atoms with van der Waals surface area (Å²) in [5.74, 6) is 1.62. The van der Waals surface area contributed by atoms with Gasteiger partial charge in [-0.3, -0.25) is 4.79 Å². The summed E-state index contributed by atoms with van der Waals surface area (Å²) in [6.45, 7) is 4.77. The summed E-state index contributed by atoms with van der Waals surface area (Å²) < 4.78 is 16.4. The number of rotatable bonds is 3. The second kappa shape index (κ2) is 7.40. The van der Waals surface area contributed by atoms with Crippen LogP contribution in [0.1, 0.15) is 18.1 Å². The Morgan fingerprint density at radius 2 is 1.75 bits per heavy atom. The minimum absolute atomic E-state index is 0.0860. The van der Waals surface area contributed by atoms with Crippen molar-refractivity contribution in [3.63, 3.8) is 0 Å². The van der Waals surface area contributed by atoms with E-state index < -0.39 is 0 Å². The van der Waals surface area contributed by atoms with Gasteiger partial charge in [-0.25, -0.2) is 0 Å². The Labute approximate surface area is 143 Å². The van der Waals surface area contributed by atoms with Crippen LogP contribution in [0.4, 0.5) is 0 Å². The Morgan fingerprint density at radius 1 is 1.17 bits per heavy atom. The van der Waals surface area contributed by atoms with Gasteiger partial charge in [0.15, 0.2) is 11.5 Å². The third-order valence-electron chi connectivity index (χ3n) is 4.90. The van der Waals surface area contributed by atoms with E-state index in [1.807, 2.05) is 24.0 Å². The predicted molar refractivity (Wildman–Crippen MR) is 90.7 cm³/mol. The maximum Gasteiger partial charge on any atom is 0.242 e. The first-order valence-corrected chi connectivity index (χ1v) is 8.51. The summed E-state index contributed by atoms with van der Waals surface area (Å²) in [5.41, 5.74) is 2.45. The first kappa shape index (κ1) is 17.0. The van der Waals surface area contributed by atoms with Crippen LogP contribution in [0.3, 0.4) is 0 Å². The van der Waals surface area contributed by atoms with E-state index in [0.29, 0.717) is 19.7 Å². The summed E-state index contributed by atoms with van der Waals surface area (Å²) in [5, 5.41) is 3.29. The zero-order valence-corrected chi connectivity index (χ0v) is 14.6. The summed E-state index contributed by atoms with van der Waals surface area (Å²) >= 11 is 0. The lowest BCUT2D eigenvalue weighted by molar-refractivity contribution is -0.139. The van der Waals surface area contributed by atoms with Crippen LogP contribution in [0.5, 0.6) is 11.5 Å². The average molecular weight is 334 g/mol. The molecule has 1 saturated heterocycles. The average Bonchev–Trinajstić information content (AvgIpc) is 2.82. The molecule has 1 N–H and O–H groups in total. The molecule has 2 aliphatic rings. The van der Waals surface area contributed by atoms with E-state index in [9.17, 15) is 4.79 Å². The maximum absolute atomic E-state index is 12.8. The van der Waals surface area contributed by atoms with Gasteiger partial charge < -0.3 is 24.4 Å². The van der Waals surface area contributed by atoms with Gasteiger partial charge >= 0.3 is 0 Å². The number of ether oxygens (including phenoxy) is 3. The minimum atomic E-state index is -0.246. The molecule has 6 nitrogen and oxygen atoms in total. The molecule has 3 rings (SSSR count). The van der Waals surface area contributed by atoms with E-state index in [4.69, 9.17) is 14.2 Å². The molecule has 1 aromatic rings. The topological polar surface area (TPSA) is 60.0 Å². The van der Waals surface area contributed by atoms with Gasteiger partial charge in [0.25, 0.3) is 0 Å². The third-order valence-corrected chi connectivity index (χ3v) is 4.90. The van der Waals surface area contributed by atoms with Crippen LogP contribution in [-0.2, 0) is 22.4 Å². The fourth-order valence-electron chi connectivity index (χ4n) is 3.48. The van der Waals surface area contributed by atoms with Crippen molar-refractivity contribution < 1.29 is 19.0 Å². The van der Waals surface area contributed by atoms with Gasteiger partial charge in [-0.15, -0.1) is 0 Å². The fourth-order valence-corrected chi connectivity index (χ4v) is 3.48. The number of carbonyl (C=O) groups is 1. The van der Waals surface area contributed by atoms with Gasteiger partial charge in [-0.05, 0) is 43.0 Å². The first-order valence-electron chi connectivity index (χ1n) is 8.51. The molecule has 2 aliphatic heterocycles. The molecule has 0 saturated carbocycles. The highest BCUT2D eigenvalue weighted by Gasteiger charge is 2.32. The SMILES string of the molecule is COc1cc2c(cc1OC)CCN(C(=O)[C@H]1NCCO[C@@H]1C)CC2. The highest BCUT2D eigenvalue weighted by Crippen LogP contribution is 2.32. The van der Waals surface area contributed by atoms with Crippen LogP contribution in [0, 0.1) is 0 Å². The van der Waals surface area contributed by atoms with Crippen molar-refractivity contribution in [2.75, 3.05) is 40.5 Å². The van der Waals surface area contributed by atoms with Gasteiger partial charge in [0.05, 0.1) is 26.9 Å². The normalized spacial score (nSPS) is 24.0. The van der Waals surface area contributed by atoms with Crippen LogP contribution in [0.25, 0.3) is 0 Å². The second-order valence-corrected chi connectivity index (χ2v) is 6.31. The molecule has 1 amide bonds. The Bertz CT molecular complexity index is 570. The van der Waals surface area contributed by atoms with Crippen LogP contribution in [0.15, 0.2) is 12.1 Å². The molecule has 0 bridgehead atoms. The highest BCUT2D eigenvalue weighted by atomic mass is 16.5. The zero-order valence-electron chi connectivity index (χ0n) is 14.6. The number of nitrogens with zero attached hydrogens (tertiary/aromatic N) is 1. The van der Waals surface area contributed by atoms with Crippen LogP contribution in [-0.4, -0.2) is 63.4 Å².